The van der Waals surface area contributed by atoms with Crippen LogP contribution in [0.15, 0.2) is 0 Å². The Bertz CT molecular complexity index is 119. The van der Waals surface area contributed by atoms with Gasteiger partial charge in [-0.1, -0.05) is 0 Å². The molecule has 68 valence electrons. The second-order valence-corrected chi connectivity index (χ2v) is 1.47. The first-order valence-electron chi connectivity index (χ1n) is 1.95. The van der Waals surface area contributed by atoms with E-state index in [0.29, 0.717) is 0 Å². The summed E-state index contributed by atoms with van der Waals surface area (Å²) < 4.78 is 66.3. The van der Waals surface area contributed by atoms with Crippen LogP contribution in [0.25, 0.3) is 0 Å². The Labute approximate surface area is 68.1 Å². The fourth-order valence-corrected chi connectivity index (χ4v) is 0.124. The van der Waals surface area contributed by atoms with Crippen LogP contribution in [-0.2, 0) is 0 Å². The van der Waals surface area contributed by atoms with E-state index in [9.17, 15) is 26.3 Å². The lowest BCUT2D eigenvalue weighted by molar-refractivity contribution is -0.352. The third kappa shape index (κ3) is 2.89. The van der Waals surface area contributed by atoms with Crippen molar-refractivity contribution in [2.24, 2.45) is 0 Å². The molecule has 1 N–H and O–H groups in total. The van der Waals surface area contributed by atoms with Gasteiger partial charge < -0.3 is 5.11 Å². The Balaban J connectivity index is 0. The highest BCUT2D eigenvalue weighted by Crippen LogP contribution is 2.36. The fourth-order valence-electron chi connectivity index (χ4n) is 0.124. The minimum Gasteiger partial charge on any atom is -0.350 e. The quantitative estimate of drug-likeness (QED) is 0.474. The van der Waals surface area contributed by atoms with Gasteiger partial charge >= 0.3 is 18.5 Å². The van der Waals surface area contributed by atoms with E-state index in [0.717, 1.165) is 0 Å². The smallest absolute Gasteiger partial charge is 0.350 e. The molecule has 0 aliphatic heterocycles. The van der Waals surface area contributed by atoms with Gasteiger partial charge in [0.15, 0.2) is 17.4 Å². The third-order valence-electron chi connectivity index (χ3n) is 0.687. The molecular formula is C3H5AlF6O. The SMILES string of the molecule is OC(F)(C(F)F)C(F)(F)F.[AlH3]. The van der Waals surface area contributed by atoms with Crippen LogP contribution in [-0.4, -0.2) is 40.9 Å². The lowest BCUT2D eigenvalue weighted by atomic mass is 10.3. The standard InChI is InChI=1S/C3H2F6O.Al.3H/c4-1(5)2(6,10)3(7,8)9;;;;/h1,10H;;;;. The maximum Gasteiger partial charge on any atom is 0.454 e. The van der Waals surface area contributed by atoms with E-state index in [-0.39, 0.29) is 17.4 Å². The van der Waals surface area contributed by atoms with Crippen LogP contribution in [0.3, 0.4) is 0 Å². The molecule has 0 radical (unpaired) electrons. The molecule has 0 aromatic heterocycles. The van der Waals surface area contributed by atoms with Crippen molar-refractivity contribution in [1.82, 2.24) is 0 Å². The topological polar surface area (TPSA) is 20.2 Å². The predicted octanol–water partition coefficient (Wildman–Crippen LogP) is 0.288. The second-order valence-electron chi connectivity index (χ2n) is 1.47. The Morgan fingerprint density at radius 2 is 1.27 bits per heavy atom. The van der Waals surface area contributed by atoms with E-state index in [2.05, 4.69) is 0 Å². The number of hydrogen-bond acceptors (Lipinski definition) is 1. The van der Waals surface area contributed by atoms with Crippen LogP contribution in [0.1, 0.15) is 0 Å². The first-order valence-corrected chi connectivity index (χ1v) is 1.95. The Hall–Kier alpha value is 0.0725. The summed E-state index contributed by atoms with van der Waals surface area (Å²) in [7, 11) is 0. The van der Waals surface area contributed by atoms with Crippen molar-refractivity contribution in [3.63, 3.8) is 0 Å². The molecule has 0 saturated carbocycles. The lowest BCUT2D eigenvalue weighted by Crippen LogP contribution is -2.47. The Morgan fingerprint density at radius 3 is 1.27 bits per heavy atom. The summed E-state index contributed by atoms with van der Waals surface area (Å²) in [4.78, 5) is 0. The maximum atomic E-state index is 11.4. The van der Waals surface area contributed by atoms with Crippen molar-refractivity contribution in [1.29, 1.82) is 0 Å². The molecule has 0 saturated heterocycles. The average molecular weight is 198 g/mol. The minimum atomic E-state index is -5.94. The van der Waals surface area contributed by atoms with Gasteiger partial charge in [-0.3, -0.25) is 0 Å². The van der Waals surface area contributed by atoms with Crippen LogP contribution in [0.5, 0.6) is 0 Å². The summed E-state index contributed by atoms with van der Waals surface area (Å²) in [6.45, 7) is 0. The zero-order chi connectivity index (χ0) is 8.58. The third-order valence-corrected chi connectivity index (χ3v) is 0.687. The molecule has 0 bridgehead atoms. The maximum absolute atomic E-state index is 11.4. The molecule has 0 rings (SSSR count). The van der Waals surface area contributed by atoms with Crippen molar-refractivity contribution in [2.45, 2.75) is 18.5 Å². The highest BCUT2D eigenvalue weighted by Gasteiger charge is 2.62. The summed E-state index contributed by atoms with van der Waals surface area (Å²) >= 11 is 0. The van der Waals surface area contributed by atoms with Crippen LogP contribution >= 0.6 is 0 Å². The van der Waals surface area contributed by atoms with Crippen LogP contribution in [0.4, 0.5) is 26.3 Å². The highest BCUT2D eigenvalue weighted by molar-refractivity contribution is 5.75. The Kier molecular flexibility index (Phi) is 4.53. The van der Waals surface area contributed by atoms with Crippen LogP contribution in [0, 0.1) is 0 Å². The minimum absolute atomic E-state index is 0. The number of rotatable bonds is 1. The molecule has 11 heavy (non-hydrogen) atoms. The molecule has 1 nitrogen and oxygen atoms in total. The summed E-state index contributed by atoms with van der Waals surface area (Å²) in [5.74, 6) is -5.40. The van der Waals surface area contributed by atoms with Crippen molar-refractivity contribution < 1.29 is 31.4 Å². The summed E-state index contributed by atoms with van der Waals surface area (Å²) in [6, 6.07) is 0. The zero-order valence-corrected chi connectivity index (χ0v) is 4.29. The number of halogens is 6. The molecule has 0 heterocycles. The number of aliphatic hydroxyl groups is 1. The molecule has 0 amide bonds. The van der Waals surface area contributed by atoms with Gasteiger partial charge in [-0.2, -0.15) is 17.6 Å². The highest BCUT2D eigenvalue weighted by atomic mass is 27.0. The Morgan fingerprint density at radius 1 is 1.00 bits per heavy atom. The van der Waals surface area contributed by atoms with E-state index in [4.69, 9.17) is 5.11 Å². The molecule has 0 aromatic carbocycles. The molecule has 0 aliphatic carbocycles. The van der Waals surface area contributed by atoms with E-state index in [1.807, 2.05) is 0 Å². The first-order chi connectivity index (χ1) is 4.19. The van der Waals surface area contributed by atoms with E-state index < -0.39 is 18.5 Å². The van der Waals surface area contributed by atoms with Gasteiger partial charge in [-0.15, -0.1) is 0 Å². The molecule has 0 spiro atoms. The van der Waals surface area contributed by atoms with Gasteiger partial charge in [0.05, 0.1) is 0 Å². The van der Waals surface area contributed by atoms with Gasteiger partial charge in [0, 0.05) is 0 Å². The molecule has 1 unspecified atom stereocenters. The predicted molar refractivity (Wildman–Crippen MR) is 28.1 cm³/mol. The fraction of sp³-hybridized carbons (Fsp3) is 1.00. The average Bonchev–Trinajstić information content (AvgIpc) is 1.62. The van der Waals surface area contributed by atoms with Gasteiger partial charge in [-0.05, 0) is 0 Å². The van der Waals surface area contributed by atoms with Gasteiger partial charge in [0.1, 0.15) is 0 Å². The molecule has 1 atom stereocenters. The summed E-state index contributed by atoms with van der Waals surface area (Å²) in [5, 5.41) is 7.39. The monoisotopic (exact) mass is 198 g/mol. The number of hydrogen-bond donors (Lipinski definition) is 1. The van der Waals surface area contributed by atoms with Crippen LogP contribution < -0.4 is 0 Å². The normalized spacial score (nSPS) is 17.5. The van der Waals surface area contributed by atoms with E-state index in [1.54, 1.807) is 0 Å². The molecule has 0 aliphatic rings. The zero-order valence-electron chi connectivity index (χ0n) is 4.29. The lowest BCUT2D eigenvalue weighted by Gasteiger charge is -2.20. The van der Waals surface area contributed by atoms with Crippen molar-refractivity contribution in [3.05, 3.63) is 0 Å². The molecule has 0 fully saturated rings. The number of alkyl halides is 6. The first kappa shape index (κ1) is 13.6. The van der Waals surface area contributed by atoms with Crippen molar-refractivity contribution in [2.75, 3.05) is 0 Å². The second kappa shape index (κ2) is 3.65. The van der Waals surface area contributed by atoms with Gasteiger partial charge in [0.25, 0.3) is 0 Å². The van der Waals surface area contributed by atoms with Gasteiger partial charge in [-0.25, -0.2) is 8.78 Å². The van der Waals surface area contributed by atoms with E-state index in [1.165, 1.54) is 0 Å². The largest absolute Gasteiger partial charge is 0.454 e. The molecular weight excluding hydrogens is 193 g/mol. The molecule has 0 aromatic rings. The van der Waals surface area contributed by atoms with Crippen molar-refractivity contribution in [3.8, 4) is 0 Å². The summed E-state index contributed by atoms with van der Waals surface area (Å²) in [5.41, 5.74) is 0. The van der Waals surface area contributed by atoms with Gasteiger partial charge in [0.2, 0.25) is 0 Å². The van der Waals surface area contributed by atoms with E-state index >= 15 is 0 Å². The summed E-state index contributed by atoms with van der Waals surface area (Å²) in [6.07, 6.45) is -10.4. The molecule has 8 heteroatoms. The van der Waals surface area contributed by atoms with Crippen molar-refractivity contribution >= 4 is 17.4 Å². The van der Waals surface area contributed by atoms with Crippen LogP contribution in [0.2, 0.25) is 0 Å².